The van der Waals surface area contributed by atoms with Crippen LogP contribution in [0.4, 0.5) is 5.69 Å². The molecule has 2 aromatic carbocycles. The smallest absolute Gasteiger partial charge is 0.159 e. The first-order chi connectivity index (χ1) is 28.5. The zero-order valence-electron chi connectivity index (χ0n) is 38.8. The fourth-order valence-corrected chi connectivity index (χ4v) is 15.6. The highest BCUT2D eigenvalue weighted by molar-refractivity contribution is 6.00. The van der Waals surface area contributed by atoms with E-state index < -0.39 is 23.2 Å². The van der Waals surface area contributed by atoms with Crippen LogP contribution in [-0.4, -0.2) is 63.4 Å². The number of aliphatic hydroxyl groups excluding tert-OH is 2. The van der Waals surface area contributed by atoms with E-state index in [1.54, 1.807) is 19.1 Å². The van der Waals surface area contributed by atoms with Crippen molar-refractivity contribution in [1.29, 1.82) is 0 Å². The normalized spacial score (nSPS) is 39.5. The molecule has 0 amide bonds. The van der Waals surface area contributed by atoms with Crippen LogP contribution in [0.5, 0.6) is 5.75 Å². The number of aromatic hydroxyl groups is 1. The van der Waals surface area contributed by atoms with Gasteiger partial charge in [0.1, 0.15) is 17.6 Å². The van der Waals surface area contributed by atoms with E-state index in [1.807, 2.05) is 12.1 Å². The van der Waals surface area contributed by atoms with Gasteiger partial charge in [0.2, 0.25) is 0 Å². The number of nitrogens with two attached hydrogens (primary N) is 1. The Kier molecular flexibility index (Phi) is 11.4. The molecule has 0 unspecified atom stereocenters. The van der Waals surface area contributed by atoms with Gasteiger partial charge >= 0.3 is 0 Å². The van der Waals surface area contributed by atoms with Gasteiger partial charge in [0, 0.05) is 41.4 Å². The van der Waals surface area contributed by atoms with Crippen LogP contribution in [0, 0.1) is 51.2 Å². The minimum Gasteiger partial charge on any atom is -0.508 e. The molecule has 0 radical (unpaired) electrons. The van der Waals surface area contributed by atoms with Gasteiger partial charge in [-0.05, 0) is 158 Å². The molecule has 1 saturated heterocycles. The number of ketones is 2. The van der Waals surface area contributed by atoms with Crippen molar-refractivity contribution >= 4 is 17.3 Å². The van der Waals surface area contributed by atoms with Crippen molar-refractivity contribution in [1.82, 2.24) is 5.32 Å². The zero-order valence-corrected chi connectivity index (χ0v) is 38.8. The van der Waals surface area contributed by atoms with Gasteiger partial charge in [-0.2, -0.15) is 0 Å². The Bertz CT molecular complexity index is 2070. The maximum atomic E-state index is 14.6. The number of hydrogen-bond donors (Lipinski definition) is 5. The molecule has 6 N–H and O–H groups in total. The van der Waals surface area contributed by atoms with Crippen LogP contribution in [0.15, 0.2) is 53.6 Å². The van der Waals surface area contributed by atoms with Gasteiger partial charge in [0.05, 0.1) is 17.8 Å². The molecule has 1 aliphatic heterocycles. The van der Waals surface area contributed by atoms with Crippen LogP contribution < -0.4 is 11.1 Å². The number of carbonyl (C=O) groups is 2. The molecule has 2 aromatic rings. The third-order valence-electron chi connectivity index (χ3n) is 18.1. The predicted molar refractivity (Wildman–Crippen MR) is 242 cm³/mol. The van der Waals surface area contributed by atoms with Gasteiger partial charge in [-0.15, -0.1) is 0 Å². The fourth-order valence-electron chi connectivity index (χ4n) is 15.6. The summed E-state index contributed by atoms with van der Waals surface area (Å²) in [6.07, 6.45) is 6.96. The first kappa shape index (κ1) is 44.6. The molecule has 0 spiro atoms. The highest BCUT2D eigenvalue weighted by Gasteiger charge is 2.71. The summed E-state index contributed by atoms with van der Waals surface area (Å²) < 4.78 is 6.57. The van der Waals surface area contributed by atoms with Gasteiger partial charge in [0.15, 0.2) is 5.78 Å². The Morgan fingerprint density at radius 1 is 0.918 bits per heavy atom. The lowest BCUT2D eigenvalue weighted by Crippen LogP contribution is -2.69. The van der Waals surface area contributed by atoms with Gasteiger partial charge in [-0.1, -0.05) is 85.6 Å². The summed E-state index contributed by atoms with van der Waals surface area (Å²) in [4.78, 5) is 29.2. The number of nitrogen functional groups attached to an aromatic ring is 1. The number of fused-ring (bicyclic) bond motifs is 5. The molecule has 0 bridgehead atoms. The third-order valence-corrected chi connectivity index (χ3v) is 18.1. The van der Waals surface area contributed by atoms with Crippen LogP contribution >= 0.6 is 0 Å². The number of benzene rings is 2. The highest BCUT2D eigenvalue weighted by atomic mass is 16.6. The fraction of sp³-hybridized carbons (Fsp3) is 0.698. The second-order valence-corrected chi connectivity index (χ2v) is 23.0. The topological polar surface area (TPSA) is 145 Å². The summed E-state index contributed by atoms with van der Waals surface area (Å²) in [5.41, 5.74) is 10.9. The number of allylic oxidation sites excluding steroid dienone is 2. The van der Waals surface area contributed by atoms with E-state index in [4.69, 9.17) is 10.5 Å². The Balaban J connectivity index is 1.06. The van der Waals surface area contributed by atoms with Gasteiger partial charge in [-0.3, -0.25) is 9.59 Å². The van der Waals surface area contributed by atoms with E-state index in [0.29, 0.717) is 43.6 Å². The van der Waals surface area contributed by atoms with E-state index in [9.17, 15) is 24.9 Å². The molecule has 334 valence electrons. The SMILES string of the molecule is CC(C)Cc1cc(N)cc([C@H]2CCC[C@H]2[C@@]2(C)O[C@@H]2[C@H](O)C[C@@H](C)C2=C3CC[C@@H]4[C@]5(C)C[C@H](c6cccc(O)c6)C(=O)C(C)(C)[C@@H]5[C@@H](NC[C@H](C)O)C[C@]4(C)[C@@]3(C)CC2=O)c1. The number of anilines is 1. The summed E-state index contributed by atoms with van der Waals surface area (Å²) in [6, 6.07) is 13.8. The summed E-state index contributed by atoms with van der Waals surface area (Å²) in [7, 11) is 0. The highest BCUT2D eigenvalue weighted by Crippen LogP contribution is 2.75. The van der Waals surface area contributed by atoms with Crippen LogP contribution in [-0.2, 0) is 20.7 Å². The third kappa shape index (κ3) is 7.26. The summed E-state index contributed by atoms with van der Waals surface area (Å²) >= 11 is 0. The van der Waals surface area contributed by atoms with E-state index in [1.165, 1.54) is 16.7 Å². The molecule has 8 nitrogen and oxygen atoms in total. The van der Waals surface area contributed by atoms with Crippen LogP contribution in [0.1, 0.15) is 156 Å². The van der Waals surface area contributed by atoms with Crippen molar-refractivity contribution in [3.63, 3.8) is 0 Å². The quantitative estimate of drug-likeness (QED) is 0.105. The summed E-state index contributed by atoms with van der Waals surface area (Å²) in [6.45, 7) is 22.5. The minimum absolute atomic E-state index is 0.0197. The maximum absolute atomic E-state index is 14.6. The average Bonchev–Trinajstić information content (AvgIpc) is 3.46. The lowest BCUT2D eigenvalue weighted by molar-refractivity contribution is -0.193. The van der Waals surface area contributed by atoms with Crippen molar-refractivity contribution in [3.8, 4) is 5.75 Å². The van der Waals surface area contributed by atoms with Crippen LogP contribution in [0.3, 0.4) is 0 Å². The Hall–Kier alpha value is -3.04. The number of epoxide rings is 1. The summed E-state index contributed by atoms with van der Waals surface area (Å²) in [5, 5.41) is 36.9. The number of carbonyl (C=O) groups excluding carboxylic acids is 2. The molecule has 14 atom stereocenters. The molecular weight excluding hydrogens is 761 g/mol. The second-order valence-electron chi connectivity index (χ2n) is 23.0. The number of hydrogen-bond acceptors (Lipinski definition) is 8. The van der Waals surface area contributed by atoms with Gasteiger partial charge in [-0.25, -0.2) is 0 Å². The Morgan fingerprint density at radius 2 is 1.66 bits per heavy atom. The molecule has 1 heterocycles. The lowest BCUT2D eigenvalue weighted by Gasteiger charge is -2.70. The molecule has 8 rings (SSSR count). The molecule has 5 aliphatic carbocycles. The molecule has 61 heavy (non-hydrogen) atoms. The summed E-state index contributed by atoms with van der Waals surface area (Å²) in [5.74, 6) is 1.58. The number of rotatable bonds is 12. The largest absolute Gasteiger partial charge is 0.508 e. The number of phenolic OH excluding ortho intramolecular Hbond substituents is 1. The molecule has 5 fully saturated rings. The van der Waals surface area contributed by atoms with Crippen LogP contribution in [0.2, 0.25) is 0 Å². The molecule has 6 aliphatic rings. The van der Waals surface area contributed by atoms with Crippen molar-refractivity contribution in [3.05, 3.63) is 70.3 Å². The standard InChI is InChI=1S/C53H76N2O6/c1-29(2)19-32-21-34(23-35(54)22-32)37-15-12-16-39(37)53(10)48(61-53)42(58)20-30(3)45-40-17-18-44-50(7)25-38(33-13-11-14-36(57)24-33)47(60)49(5,6)46(50)41(55-28-31(4)56)26-52(44,9)51(40,8)27-43(45)59/h11,13-14,21-24,29-31,37-39,41-42,44,46,48,55-58H,12,15-20,25-28,54H2,1-10H3/t30-,31+,37-,38-,39-,41+,42-,44-,46+,48-,50+,51+,52+,53-/m1/s1. The lowest BCUT2D eigenvalue weighted by atomic mass is 9.34. The minimum atomic E-state index is -0.682. The second kappa shape index (κ2) is 15.6. The van der Waals surface area contributed by atoms with Crippen molar-refractivity contribution in [2.45, 2.75) is 175 Å². The first-order valence-electron chi connectivity index (χ1n) is 23.8. The number of ether oxygens (including phenoxy) is 1. The Morgan fingerprint density at radius 3 is 2.34 bits per heavy atom. The van der Waals surface area contributed by atoms with Crippen molar-refractivity contribution < 1.29 is 29.6 Å². The Labute approximate surface area is 365 Å². The van der Waals surface area contributed by atoms with E-state index >= 15 is 0 Å². The predicted octanol–water partition coefficient (Wildman–Crippen LogP) is 9.44. The number of aliphatic hydroxyl groups is 2. The van der Waals surface area contributed by atoms with Gasteiger partial charge < -0.3 is 31.1 Å². The van der Waals surface area contributed by atoms with Crippen molar-refractivity contribution in [2.24, 2.45) is 51.2 Å². The molecule has 4 saturated carbocycles. The number of nitrogens with one attached hydrogen (secondary N) is 1. The van der Waals surface area contributed by atoms with Crippen LogP contribution in [0.25, 0.3) is 0 Å². The zero-order chi connectivity index (χ0) is 44.2. The average molecular weight is 837 g/mol. The number of phenols is 1. The number of Topliss-reactive ketones (excluding diaryl/α,β-unsaturated/α-hetero) is 2. The van der Waals surface area contributed by atoms with E-state index in [-0.39, 0.29) is 69.4 Å². The molecule has 8 heteroatoms. The monoisotopic (exact) mass is 837 g/mol. The molecule has 0 aromatic heterocycles. The molecular formula is C53H76N2O6. The van der Waals surface area contributed by atoms with E-state index in [2.05, 4.69) is 85.8 Å². The van der Waals surface area contributed by atoms with Gasteiger partial charge in [0.25, 0.3) is 0 Å². The van der Waals surface area contributed by atoms with Crippen molar-refractivity contribution in [2.75, 3.05) is 12.3 Å². The maximum Gasteiger partial charge on any atom is 0.159 e. The first-order valence-corrected chi connectivity index (χ1v) is 23.8. The van der Waals surface area contributed by atoms with E-state index in [0.717, 1.165) is 61.8 Å².